The number of fused-ring (bicyclic) bond motifs is 1. The van der Waals surface area contributed by atoms with Gasteiger partial charge in [0.25, 0.3) is 5.91 Å². The zero-order valence-corrected chi connectivity index (χ0v) is 17.0. The lowest BCUT2D eigenvalue weighted by Crippen LogP contribution is -2.38. The first-order valence-electron chi connectivity index (χ1n) is 10.2. The number of carbonyl (C=O) groups excluding carboxylic acids is 1. The first kappa shape index (κ1) is 19.3. The lowest BCUT2D eigenvalue weighted by Gasteiger charge is -2.32. The molecule has 0 saturated carbocycles. The lowest BCUT2D eigenvalue weighted by atomic mass is 9.89. The minimum Gasteiger partial charge on any atom is -0.497 e. The van der Waals surface area contributed by atoms with Crippen LogP contribution >= 0.6 is 0 Å². The number of benzene rings is 1. The normalized spacial score (nSPS) is 14.9. The van der Waals surface area contributed by atoms with Gasteiger partial charge in [-0.25, -0.2) is 4.98 Å². The molecule has 6 nitrogen and oxygen atoms in total. The average molecular weight is 393 g/mol. The molecule has 4 rings (SSSR count). The van der Waals surface area contributed by atoms with E-state index in [0.717, 1.165) is 38.0 Å². The number of amides is 1. The minimum atomic E-state index is 0.0257. The van der Waals surface area contributed by atoms with Crippen molar-refractivity contribution in [3.05, 3.63) is 53.9 Å². The molecule has 1 aliphatic heterocycles. The summed E-state index contributed by atoms with van der Waals surface area (Å²) >= 11 is 0. The van der Waals surface area contributed by atoms with E-state index in [2.05, 4.69) is 22.2 Å². The van der Waals surface area contributed by atoms with Crippen molar-refractivity contribution in [3.63, 3.8) is 0 Å². The lowest BCUT2D eigenvalue weighted by molar-refractivity contribution is 0.0709. The zero-order chi connectivity index (χ0) is 20.2. The van der Waals surface area contributed by atoms with E-state index >= 15 is 0 Å². The van der Waals surface area contributed by atoms with Crippen LogP contribution in [0.5, 0.6) is 11.5 Å². The number of ether oxygens (including phenoxy) is 2. The Hall–Kier alpha value is -3.02. The third-order valence-electron chi connectivity index (χ3n) is 5.59. The van der Waals surface area contributed by atoms with Crippen LogP contribution in [-0.2, 0) is 0 Å². The first-order chi connectivity index (χ1) is 14.2. The second-order valence-electron chi connectivity index (χ2n) is 7.42. The summed E-state index contributed by atoms with van der Waals surface area (Å²) in [7, 11) is 1.62. The van der Waals surface area contributed by atoms with Crippen LogP contribution in [0.25, 0.3) is 11.0 Å². The van der Waals surface area contributed by atoms with Crippen molar-refractivity contribution in [2.45, 2.75) is 32.1 Å². The Kier molecular flexibility index (Phi) is 5.69. The fourth-order valence-electron chi connectivity index (χ4n) is 4.02. The van der Waals surface area contributed by atoms with Crippen LogP contribution in [0.1, 0.15) is 48.0 Å². The second-order valence-corrected chi connectivity index (χ2v) is 7.42. The fraction of sp³-hybridized carbons (Fsp3) is 0.391. The van der Waals surface area contributed by atoms with Gasteiger partial charge < -0.3 is 19.4 Å². The molecule has 29 heavy (non-hydrogen) atoms. The highest BCUT2D eigenvalue weighted by Gasteiger charge is 2.27. The number of hydrogen-bond acceptors (Lipinski definition) is 4. The molecule has 3 aromatic rings. The molecule has 1 fully saturated rings. The van der Waals surface area contributed by atoms with Crippen LogP contribution in [0.2, 0.25) is 0 Å². The van der Waals surface area contributed by atoms with Gasteiger partial charge in [-0.05, 0) is 55.0 Å². The average Bonchev–Trinajstić information content (AvgIpc) is 3.21. The standard InChI is InChI=1S/C23H27N3O3/c1-3-13-29-21-14-17(28-2)6-7-19(21)23(27)26-11-8-16(9-12-26)20-15-25-22-18(20)5-4-10-24-22/h4-7,10,14-16H,3,8-9,11-13H2,1-2H3,(H,24,25). The summed E-state index contributed by atoms with van der Waals surface area (Å²) in [6, 6.07) is 9.51. The molecule has 1 aliphatic rings. The molecule has 1 amide bonds. The Bertz CT molecular complexity index is 990. The van der Waals surface area contributed by atoms with Crippen LogP contribution in [-0.4, -0.2) is 47.6 Å². The topological polar surface area (TPSA) is 67.5 Å². The summed E-state index contributed by atoms with van der Waals surface area (Å²) < 4.78 is 11.1. The number of pyridine rings is 1. The number of H-pyrrole nitrogens is 1. The molecule has 0 radical (unpaired) electrons. The molecule has 152 valence electrons. The molecule has 0 unspecified atom stereocenters. The van der Waals surface area contributed by atoms with Gasteiger partial charge in [0, 0.05) is 36.9 Å². The first-order valence-corrected chi connectivity index (χ1v) is 10.2. The van der Waals surface area contributed by atoms with Crippen molar-refractivity contribution in [2.75, 3.05) is 26.8 Å². The quantitative estimate of drug-likeness (QED) is 0.675. The number of carbonyl (C=O) groups is 1. The van der Waals surface area contributed by atoms with Crippen molar-refractivity contribution < 1.29 is 14.3 Å². The highest BCUT2D eigenvalue weighted by molar-refractivity contribution is 5.97. The van der Waals surface area contributed by atoms with E-state index in [1.165, 1.54) is 10.9 Å². The zero-order valence-electron chi connectivity index (χ0n) is 17.0. The van der Waals surface area contributed by atoms with Crippen LogP contribution < -0.4 is 9.47 Å². The van der Waals surface area contributed by atoms with Gasteiger partial charge in [-0.1, -0.05) is 6.92 Å². The van der Waals surface area contributed by atoms with Crippen LogP contribution in [0, 0.1) is 0 Å². The van der Waals surface area contributed by atoms with E-state index in [1.54, 1.807) is 19.4 Å². The Morgan fingerprint density at radius 3 is 2.86 bits per heavy atom. The number of likely N-dealkylation sites (tertiary alicyclic amines) is 1. The summed E-state index contributed by atoms with van der Waals surface area (Å²) in [6.45, 7) is 4.09. The van der Waals surface area contributed by atoms with Gasteiger partial charge in [0.05, 0.1) is 19.3 Å². The fourth-order valence-corrected chi connectivity index (χ4v) is 4.02. The molecule has 0 aliphatic carbocycles. The highest BCUT2D eigenvalue weighted by atomic mass is 16.5. The second kappa shape index (κ2) is 8.55. The molecular weight excluding hydrogens is 366 g/mol. The number of hydrogen-bond donors (Lipinski definition) is 1. The molecule has 2 aromatic heterocycles. The monoisotopic (exact) mass is 393 g/mol. The van der Waals surface area contributed by atoms with E-state index in [0.29, 0.717) is 29.6 Å². The van der Waals surface area contributed by atoms with Gasteiger partial charge >= 0.3 is 0 Å². The van der Waals surface area contributed by atoms with Crippen molar-refractivity contribution in [2.24, 2.45) is 0 Å². The van der Waals surface area contributed by atoms with Gasteiger partial charge in [0.15, 0.2) is 0 Å². The van der Waals surface area contributed by atoms with Gasteiger partial charge in [-0.3, -0.25) is 4.79 Å². The minimum absolute atomic E-state index is 0.0257. The summed E-state index contributed by atoms with van der Waals surface area (Å²) in [5.74, 6) is 1.75. The van der Waals surface area contributed by atoms with E-state index in [4.69, 9.17) is 9.47 Å². The highest BCUT2D eigenvalue weighted by Crippen LogP contribution is 2.34. The maximum absolute atomic E-state index is 13.2. The van der Waals surface area contributed by atoms with Crippen LogP contribution in [0.15, 0.2) is 42.7 Å². The predicted molar refractivity (Wildman–Crippen MR) is 113 cm³/mol. The SMILES string of the molecule is CCCOc1cc(OC)ccc1C(=O)N1CCC(c2c[nH]c3ncccc23)CC1. The number of aromatic amines is 1. The van der Waals surface area contributed by atoms with Crippen LogP contribution in [0.4, 0.5) is 0 Å². The van der Waals surface area contributed by atoms with Crippen molar-refractivity contribution >= 4 is 16.9 Å². The number of aromatic nitrogens is 2. The summed E-state index contributed by atoms with van der Waals surface area (Å²) in [6.07, 6.45) is 6.64. The summed E-state index contributed by atoms with van der Waals surface area (Å²) in [4.78, 5) is 22.8. The number of nitrogens with one attached hydrogen (secondary N) is 1. The van der Waals surface area contributed by atoms with E-state index in [-0.39, 0.29) is 5.91 Å². The summed E-state index contributed by atoms with van der Waals surface area (Å²) in [5.41, 5.74) is 2.84. The number of nitrogens with zero attached hydrogens (tertiary/aromatic N) is 2. The third-order valence-corrected chi connectivity index (χ3v) is 5.59. The number of methoxy groups -OCH3 is 1. The molecule has 0 atom stereocenters. The Balaban J connectivity index is 1.48. The number of rotatable bonds is 6. The van der Waals surface area contributed by atoms with Crippen molar-refractivity contribution in [3.8, 4) is 11.5 Å². The van der Waals surface area contributed by atoms with Gasteiger partial charge in [0.1, 0.15) is 17.1 Å². The largest absolute Gasteiger partial charge is 0.497 e. The van der Waals surface area contributed by atoms with Gasteiger partial charge in [-0.2, -0.15) is 0 Å². The van der Waals surface area contributed by atoms with E-state index < -0.39 is 0 Å². The molecule has 0 spiro atoms. The molecule has 6 heteroatoms. The van der Waals surface area contributed by atoms with Gasteiger partial charge in [0.2, 0.25) is 0 Å². The Morgan fingerprint density at radius 2 is 2.10 bits per heavy atom. The smallest absolute Gasteiger partial charge is 0.257 e. The summed E-state index contributed by atoms with van der Waals surface area (Å²) in [5, 5.41) is 1.18. The molecule has 0 bridgehead atoms. The van der Waals surface area contributed by atoms with E-state index in [9.17, 15) is 4.79 Å². The van der Waals surface area contributed by atoms with Crippen LogP contribution in [0.3, 0.4) is 0 Å². The molecule has 3 heterocycles. The van der Waals surface area contributed by atoms with Crippen molar-refractivity contribution in [1.82, 2.24) is 14.9 Å². The molecule has 1 aromatic carbocycles. The maximum Gasteiger partial charge on any atom is 0.257 e. The Morgan fingerprint density at radius 1 is 1.28 bits per heavy atom. The molecular formula is C23H27N3O3. The predicted octanol–water partition coefficient (Wildman–Crippen LogP) is 4.38. The van der Waals surface area contributed by atoms with E-state index in [1.807, 2.05) is 30.0 Å². The molecule has 1 N–H and O–H groups in total. The Labute approximate surface area is 170 Å². The third kappa shape index (κ3) is 3.92. The maximum atomic E-state index is 13.2. The van der Waals surface area contributed by atoms with Crippen molar-refractivity contribution in [1.29, 1.82) is 0 Å². The van der Waals surface area contributed by atoms with Gasteiger partial charge in [-0.15, -0.1) is 0 Å². The molecule has 1 saturated heterocycles. The number of piperidine rings is 1.